The van der Waals surface area contributed by atoms with Gasteiger partial charge >= 0.3 is 0 Å². The molecule has 0 aromatic heterocycles. The minimum absolute atomic E-state index is 0.113. The molecule has 1 fully saturated rings. The Morgan fingerprint density at radius 1 is 1.00 bits per heavy atom. The van der Waals surface area contributed by atoms with Gasteiger partial charge in [-0.05, 0) is 0 Å². The fourth-order valence-corrected chi connectivity index (χ4v) is 1.46. The molecule has 1 saturated heterocycles. The molecule has 1 radical (unpaired) electrons. The van der Waals surface area contributed by atoms with Crippen LogP contribution in [0.25, 0.3) is 0 Å². The van der Waals surface area contributed by atoms with Crippen LogP contribution in [0.5, 0.6) is 0 Å². The summed E-state index contributed by atoms with van der Waals surface area (Å²) >= 11 is 0. The van der Waals surface area contributed by atoms with Crippen LogP contribution < -0.4 is 0 Å². The van der Waals surface area contributed by atoms with Gasteiger partial charge in [0.05, 0.1) is 0 Å². The quantitative estimate of drug-likeness (QED) is 0.502. The molecule has 1 aliphatic rings. The van der Waals surface area contributed by atoms with E-state index in [1.54, 1.807) is 0 Å². The second kappa shape index (κ2) is 4.84. The highest BCUT2D eigenvalue weighted by Gasteiger charge is 2.11. The number of rotatable bonds is 0. The molecule has 10 heavy (non-hydrogen) atoms. The maximum absolute atomic E-state index is 9.28. The van der Waals surface area contributed by atoms with Crippen molar-refractivity contribution in [1.82, 2.24) is 0 Å². The Bertz CT molecular complexity index is 77.7. The first kappa shape index (κ1) is 8.19. The van der Waals surface area contributed by atoms with E-state index in [1.807, 2.05) is 0 Å². The molecule has 0 aromatic carbocycles. The summed E-state index contributed by atoms with van der Waals surface area (Å²) in [6.45, 7) is -0.113. The van der Waals surface area contributed by atoms with Gasteiger partial charge in [-0.3, -0.25) is 0 Å². The van der Waals surface area contributed by atoms with Gasteiger partial charge in [0.1, 0.15) is 7.17 Å². The molecule has 0 saturated carbocycles. The molecule has 0 unspecified atom stereocenters. The Kier molecular flexibility index (Phi) is 3.96. The highest BCUT2D eigenvalue weighted by atomic mass is 16.2. The highest BCUT2D eigenvalue weighted by molar-refractivity contribution is 7.08. The predicted molar refractivity (Wildman–Crippen MR) is 46.4 cm³/mol. The van der Waals surface area contributed by atoms with E-state index in [4.69, 9.17) is 0 Å². The van der Waals surface area contributed by atoms with Crippen LogP contribution in [-0.4, -0.2) is 19.0 Å². The van der Waals surface area contributed by atoms with E-state index in [0.29, 0.717) is 0 Å². The van der Waals surface area contributed by atoms with Crippen LogP contribution in [-0.2, 0) is 0 Å². The van der Waals surface area contributed by atoms with Crippen molar-refractivity contribution in [3.63, 3.8) is 0 Å². The second-order valence-corrected chi connectivity index (χ2v) is 3.15. The summed E-state index contributed by atoms with van der Waals surface area (Å²) in [6, 6.07) is 0. The predicted octanol–water partition coefficient (Wildman–Crippen LogP) is 1.55. The first-order valence-electron chi connectivity index (χ1n) is 4.41. The van der Waals surface area contributed by atoms with Gasteiger partial charge in [-0.25, -0.2) is 0 Å². The van der Waals surface area contributed by atoms with E-state index < -0.39 is 0 Å². The lowest BCUT2D eigenvalue weighted by Gasteiger charge is -2.00. The van der Waals surface area contributed by atoms with Crippen molar-refractivity contribution in [2.75, 3.05) is 0 Å². The van der Waals surface area contributed by atoms with Gasteiger partial charge in [0, 0.05) is 0 Å². The molecule has 1 nitrogen and oxygen atoms in total. The van der Waals surface area contributed by atoms with Gasteiger partial charge in [-0.15, -0.1) is 0 Å². The molecule has 55 valence electrons. The van der Waals surface area contributed by atoms with Crippen LogP contribution >= 0.6 is 0 Å². The molecule has 0 aliphatic carbocycles. The average Bonchev–Trinajstić information content (AvgIpc) is 2.02. The van der Waals surface area contributed by atoms with Crippen molar-refractivity contribution >= 4 is 14.0 Å². The first-order valence-corrected chi connectivity index (χ1v) is 4.41. The minimum Gasteiger partial charge on any atom is -0.459 e. The maximum atomic E-state index is 9.28. The van der Waals surface area contributed by atoms with Crippen LogP contribution in [0.1, 0.15) is 32.1 Å². The zero-order valence-electron chi connectivity index (χ0n) is 6.55. The largest absolute Gasteiger partial charge is 0.459 e. The van der Waals surface area contributed by atoms with Crippen molar-refractivity contribution in [2.45, 2.75) is 44.7 Å². The molecule has 1 N–H and O–H groups in total. The third-order valence-corrected chi connectivity index (χ3v) is 2.14. The van der Waals surface area contributed by atoms with E-state index in [0.717, 1.165) is 12.6 Å². The van der Waals surface area contributed by atoms with Gasteiger partial charge < -0.3 is 5.02 Å². The molecule has 0 aromatic rings. The maximum Gasteiger partial charge on any atom is 0.242 e. The fourth-order valence-electron chi connectivity index (χ4n) is 1.46. The van der Waals surface area contributed by atoms with Crippen molar-refractivity contribution in [3.05, 3.63) is 0 Å². The lowest BCUT2D eigenvalue weighted by atomic mass is 9.30. The normalized spacial score (nSPS) is 22.3. The van der Waals surface area contributed by atoms with Gasteiger partial charge in [0.2, 0.25) is 6.81 Å². The summed E-state index contributed by atoms with van der Waals surface area (Å²) in [5, 5.41) is 9.28. The van der Waals surface area contributed by atoms with Crippen molar-refractivity contribution in [1.29, 1.82) is 0 Å². The Hall–Kier alpha value is 0.0899. The molecular formula is C7H15B2O. The number of hydrogen-bond acceptors (Lipinski definition) is 1. The van der Waals surface area contributed by atoms with Crippen LogP contribution in [0.3, 0.4) is 0 Å². The lowest BCUT2D eigenvalue weighted by molar-refractivity contribution is 0.580. The molecule has 0 bridgehead atoms. The van der Waals surface area contributed by atoms with E-state index in [1.165, 1.54) is 32.1 Å². The molecule has 1 heterocycles. The van der Waals surface area contributed by atoms with Crippen LogP contribution in [0.4, 0.5) is 0 Å². The number of hydrogen-bond donors (Lipinski definition) is 1. The van der Waals surface area contributed by atoms with Crippen LogP contribution in [0.15, 0.2) is 0 Å². The van der Waals surface area contributed by atoms with Crippen LogP contribution in [0, 0.1) is 0 Å². The van der Waals surface area contributed by atoms with Crippen molar-refractivity contribution < 1.29 is 5.02 Å². The molecule has 0 atom stereocenters. The fraction of sp³-hybridized carbons (Fsp3) is 1.00. The Labute approximate surface area is 64.5 Å². The lowest BCUT2D eigenvalue weighted by Crippen LogP contribution is -2.20. The minimum atomic E-state index is -0.113. The standard InChI is InChI=1S/C7H15B2O/c10-9-7-5-3-1-2-4-6-8-9/h10H,1-7H2. The summed E-state index contributed by atoms with van der Waals surface area (Å²) in [5.41, 5.74) is 0. The van der Waals surface area contributed by atoms with Gasteiger partial charge in [-0.2, -0.15) is 0 Å². The van der Waals surface area contributed by atoms with Crippen molar-refractivity contribution in [3.8, 4) is 0 Å². The van der Waals surface area contributed by atoms with Gasteiger partial charge in [-0.1, -0.05) is 44.7 Å². The summed E-state index contributed by atoms with van der Waals surface area (Å²) < 4.78 is 0. The zero-order chi connectivity index (χ0) is 7.23. The molecule has 0 amide bonds. The third kappa shape index (κ3) is 3.31. The van der Waals surface area contributed by atoms with Crippen LogP contribution in [0.2, 0.25) is 12.6 Å². The summed E-state index contributed by atoms with van der Waals surface area (Å²) in [4.78, 5) is 0. The van der Waals surface area contributed by atoms with Gasteiger partial charge in [0.15, 0.2) is 0 Å². The topological polar surface area (TPSA) is 20.2 Å². The summed E-state index contributed by atoms with van der Waals surface area (Å²) in [5.74, 6) is 0. The second-order valence-electron chi connectivity index (χ2n) is 3.15. The average molecular weight is 137 g/mol. The van der Waals surface area contributed by atoms with Gasteiger partial charge in [0.25, 0.3) is 0 Å². The zero-order valence-corrected chi connectivity index (χ0v) is 6.55. The summed E-state index contributed by atoms with van der Waals surface area (Å²) in [6.07, 6.45) is 8.60. The van der Waals surface area contributed by atoms with E-state index in [-0.39, 0.29) is 6.81 Å². The van der Waals surface area contributed by atoms with E-state index >= 15 is 0 Å². The SMILES string of the molecule is OB1[B]CCCCCCC1. The molecule has 1 rings (SSSR count). The van der Waals surface area contributed by atoms with E-state index in [9.17, 15) is 5.02 Å². The summed E-state index contributed by atoms with van der Waals surface area (Å²) in [7, 11) is 2.06. The molecule has 3 heteroatoms. The Balaban J connectivity index is 2.15. The van der Waals surface area contributed by atoms with Crippen molar-refractivity contribution in [2.24, 2.45) is 0 Å². The first-order chi connectivity index (χ1) is 4.89. The monoisotopic (exact) mass is 137 g/mol. The smallest absolute Gasteiger partial charge is 0.242 e. The highest BCUT2D eigenvalue weighted by Crippen LogP contribution is 2.11. The van der Waals surface area contributed by atoms with E-state index in [2.05, 4.69) is 7.17 Å². The Morgan fingerprint density at radius 2 is 1.70 bits per heavy atom. The molecule has 0 spiro atoms. The molecule has 1 aliphatic heterocycles. The third-order valence-electron chi connectivity index (χ3n) is 2.14. The Morgan fingerprint density at radius 3 is 2.60 bits per heavy atom. The molecular weight excluding hydrogens is 122 g/mol.